The Kier molecular flexibility index (Phi) is 5.20. The molecule has 0 radical (unpaired) electrons. The lowest BCUT2D eigenvalue weighted by Gasteiger charge is -2.27. The molecule has 1 aliphatic rings. The van der Waals surface area contributed by atoms with Crippen LogP contribution in [0.4, 0.5) is 14.7 Å². The summed E-state index contributed by atoms with van der Waals surface area (Å²) in [6, 6.07) is 5.47. The van der Waals surface area contributed by atoms with Gasteiger partial charge in [0.1, 0.15) is 6.61 Å². The van der Waals surface area contributed by atoms with Gasteiger partial charge in [0, 0.05) is 24.8 Å². The first-order chi connectivity index (χ1) is 11.7. The van der Waals surface area contributed by atoms with Crippen LogP contribution in [0.1, 0.15) is 18.2 Å². The van der Waals surface area contributed by atoms with E-state index in [-0.39, 0.29) is 6.61 Å². The van der Waals surface area contributed by atoms with Crippen molar-refractivity contribution in [3.8, 4) is 5.88 Å². The fraction of sp³-hybridized carbons (Fsp3) is 0.412. The minimum atomic E-state index is -0.887. The Balaban J connectivity index is 1.75. The van der Waals surface area contributed by atoms with Gasteiger partial charge in [-0.05, 0) is 24.1 Å². The molecule has 1 aliphatic heterocycles. The molecule has 0 spiro atoms. The van der Waals surface area contributed by atoms with Crippen LogP contribution in [0.5, 0.6) is 5.88 Å². The van der Waals surface area contributed by atoms with Gasteiger partial charge in [0.15, 0.2) is 11.6 Å². The highest BCUT2D eigenvalue weighted by atomic mass is 19.2. The Labute approximate surface area is 139 Å². The highest BCUT2D eigenvalue weighted by Crippen LogP contribution is 2.19. The molecule has 5 nitrogen and oxygen atoms in total. The average Bonchev–Trinajstić information content (AvgIpc) is 2.63. The molecule has 1 aromatic carbocycles. The Morgan fingerprint density at radius 3 is 2.62 bits per heavy atom. The molecule has 0 unspecified atom stereocenters. The summed E-state index contributed by atoms with van der Waals surface area (Å²) in [6.07, 6.45) is 0.751. The minimum Gasteiger partial charge on any atom is -0.473 e. The van der Waals surface area contributed by atoms with Crippen molar-refractivity contribution in [1.82, 2.24) is 9.97 Å². The molecular weight excluding hydrogens is 316 g/mol. The number of ether oxygens (including phenoxy) is 2. The van der Waals surface area contributed by atoms with Crippen molar-refractivity contribution in [2.75, 3.05) is 31.2 Å². The van der Waals surface area contributed by atoms with Crippen LogP contribution in [0.2, 0.25) is 0 Å². The molecule has 3 rings (SSSR count). The van der Waals surface area contributed by atoms with E-state index in [0.29, 0.717) is 30.6 Å². The van der Waals surface area contributed by atoms with E-state index >= 15 is 0 Å². The van der Waals surface area contributed by atoms with Crippen molar-refractivity contribution < 1.29 is 18.3 Å². The number of hydrogen-bond acceptors (Lipinski definition) is 5. The van der Waals surface area contributed by atoms with Crippen LogP contribution in [-0.4, -0.2) is 36.3 Å². The summed E-state index contributed by atoms with van der Waals surface area (Å²) in [5, 5.41) is 0. The maximum Gasteiger partial charge on any atom is 0.229 e. The van der Waals surface area contributed by atoms with E-state index in [1.165, 1.54) is 6.07 Å². The summed E-state index contributed by atoms with van der Waals surface area (Å²) < 4.78 is 37.2. The summed E-state index contributed by atoms with van der Waals surface area (Å²) in [5.74, 6) is -0.725. The summed E-state index contributed by atoms with van der Waals surface area (Å²) >= 11 is 0. The van der Waals surface area contributed by atoms with Crippen LogP contribution in [0.25, 0.3) is 0 Å². The molecule has 1 saturated heterocycles. The number of rotatable bonds is 5. The van der Waals surface area contributed by atoms with Crippen molar-refractivity contribution in [2.45, 2.75) is 20.0 Å². The van der Waals surface area contributed by atoms with Gasteiger partial charge in [0.25, 0.3) is 0 Å². The van der Waals surface area contributed by atoms with E-state index in [4.69, 9.17) is 9.47 Å². The third-order valence-corrected chi connectivity index (χ3v) is 3.77. The molecule has 0 N–H and O–H groups in total. The van der Waals surface area contributed by atoms with Gasteiger partial charge in [-0.1, -0.05) is 13.0 Å². The highest BCUT2D eigenvalue weighted by molar-refractivity contribution is 5.35. The SMILES string of the molecule is CCc1cc(OCc2ccc(F)c(F)c2)nc(N2CCOCC2)n1. The minimum absolute atomic E-state index is 0.111. The lowest BCUT2D eigenvalue weighted by atomic mass is 10.2. The van der Waals surface area contributed by atoms with E-state index < -0.39 is 11.6 Å². The molecule has 2 heterocycles. The van der Waals surface area contributed by atoms with Gasteiger partial charge in [0.05, 0.1) is 13.2 Å². The van der Waals surface area contributed by atoms with Crippen LogP contribution < -0.4 is 9.64 Å². The summed E-state index contributed by atoms with van der Waals surface area (Å²) in [4.78, 5) is 11.0. The first-order valence-corrected chi connectivity index (χ1v) is 7.93. The topological polar surface area (TPSA) is 47.5 Å². The standard InChI is InChI=1S/C17H19F2N3O2/c1-2-13-10-16(21-17(20-13)22-5-7-23-8-6-22)24-11-12-3-4-14(18)15(19)9-12/h3-4,9-10H,2,5-8,11H2,1H3. The highest BCUT2D eigenvalue weighted by Gasteiger charge is 2.16. The van der Waals surface area contributed by atoms with Crippen molar-refractivity contribution in [2.24, 2.45) is 0 Å². The predicted octanol–water partition coefficient (Wildman–Crippen LogP) is 2.73. The zero-order valence-corrected chi connectivity index (χ0v) is 13.5. The first kappa shape index (κ1) is 16.6. The summed E-state index contributed by atoms with van der Waals surface area (Å²) in [7, 11) is 0. The molecule has 128 valence electrons. The van der Waals surface area contributed by atoms with Gasteiger partial charge < -0.3 is 14.4 Å². The Morgan fingerprint density at radius 2 is 1.92 bits per heavy atom. The average molecular weight is 335 g/mol. The number of morpholine rings is 1. The zero-order chi connectivity index (χ0) is 16.9. The second-order valence-electron chi connectivity index (χ2n) is 5.49. The molecule has 0 amide bonds. The van der Waals surface area contributed by atoms with Gasteiger partial charge in [0.2, 0.25) is 11.8 Å². The summed E-state index contributed by atoms with van der Waals surface area (Å²) in [5.41, 5.74) is 1.41. The number of benzene rings is 1. The third-order valence-electron chi connectivity index (χ3n) is 3.77. The number of anilines is 1. The molecule has 1 aromatic heterocycles. The number of halogens is 2. The normalized spacial score (nSPS) is 14.7. The number of hydrogen-bond donors (Lipinski definition) is 0. The smallest absolute Gasteiger partial charge is 0.229 e. The van der Waals surface area contributed by atoms with E-state index in [2.05, 4.69) is 9.97 Å². The van der Waals surface area contributed by atoms with E-state index in [0.717, 1.165) is 37.3 Å². The molecule has 1 fully saturated rings. The molecule has 0 saturated carbocycles. The van der Waals surface area contributed by atoms with Crippen LogP contribution in [0.15, 0.2) is 24.3 Å². The maximum atomic E-state index is 13.3. The second-order valence-corrected chi connectivity index (χ2v) is 5.49. The number of aryl methyl sites for hydroxylation is 1. The molecule has 24 heavy (non-hydrogen) atoms. The molecule has 7 heteroatoms. The molecular formula is C17H19F2N3O2. The van der Waals surface area contributed by atoms with Crippen LogP contribution in [-0.2, 0) is 17.8 Å². The molecule has 0 aliphatic carbocycles. The van der Waals surface area contributed by atoms with Gasteiger partial charge in [-0.25, -0.2) is 13.8 Å². The van der Waals surface area contributed by atoms with Crippen LogP contribution in [0.3, 0.4) is 0 Å². The Bertz CT molecular complexity index is 706. The van der Waals surface area contributed by atoms with Crippen molar-refractivity contribution >= 4 is 5.95 Å². The Morgan fingerprint density at radius 1 is 1.12 bits per heavy atom. The second kappa shape index (κ2) is 7.53. The lowest BCUT2D eigenvalue weighted by molar-refractivity contribution is 0.122. The predicted molar refractivity (Wildman–Crippen MR) is 85.1 cm³/mol. The van der Waals surface area contributed by atoms with Crippen LogP contribution >= 0.6 is 0 Å². The molecule has 0 atom stereocenters. The van der Waals surface area contributed by atoms with Gasteiger partial charge in [-0.15, -0.1) is 0 Å². The quantitative estimate of drug-likeness (QED) is 0.841. The fourth-order valence-corrected chi connectivity index (χ4v) is 2.41. The number of nitrogens with zero attached hydrogens (tertiary/aromatic N) is 3. The van der Waals surface area contributed by atoms with E-state index in [1.54, 1.807) is 6.07 Å². The zero-order valence-electron chi connectivity index (χ0n) is 13.5. The maximum absolute atomic E-state index is 13.3. The van der Waals surface area contributed by atoms with Crippen LogP contribution in [0, 0.1) is 11.6 Å². The van der Waals surface area contributed by atoms with Gasteiger partial charge in [-0.2, -0.15) is 4.98 Å². The van der Waals surface area contributed by atoms with Gasteiger partial charge >= 0.3 is 0 Å². The van der Waals surface area contributed by atoms with Crippen molar-refractivity contribution in [1.29, 1.82) is 0 Å². The van der Waals surface area contributed by atoms with Crippen molar-refractivity contribution in [3.63, 3.8) is 0 Å². The third kappa shape index (κ3) is 3.97. The first-order valence-electron chi connectivity index (χ1n) is 7.93. The Hall–Kier alpha value is -2.28. The monoisotopic (exact) mass is 335 g/mol. The lowest BCUT2D eigenvalue weighted by Crippen LogP contribution is -2.37. The number of aromatic nitrogens is 2. The van der Waals surface area contributed by atoms with Crippen molar-refractivity contribution in [3.05, 3.63) is 47.2 Å². The van der Waals surface area contributed by atoms with Gasteiger partial charge in [-0.3, -0.25) is 0 Å². The van der Waals surface area contributed by atoms with E-state index in [1.807, 2.05) is 11.8 Å². The fourth-order valence-electron chi connectivity index (χ4n) is 2.41. The largest absolute Gasteiger partial charge is 0.473 e. The molecule has 2 aromatic rings. The van der Waals surface area contributed by atoms with E-state index in [9.17, 15) is 8.78 Å². The molecule has 0 bridgehead atoms. The summed E-state index contributed by atoms with van der Waals surface area (Å²) in [6.45, 7) is 4.87.